The van der Waals surface area contributed by atoms with Gasteiger partial charge in [-0.15, -0.1) is 0 Å². The van der Waals surface area contributed by atoms with Crippen LogP contribution in [0.4, 0.5) is 0 Å². The Bertz CT molecular complexity index is 2490. The van der Waals surface area contributed by atoms with Crippen LogP contribution in [0.5, 0.6) is 0 Å². The second-order valence-corrected chi connectivity index (χ2v) is 12.3. The molecule has 0 unspecified atom stereocenters. The van der Waals surface area contributed by atoms with Crippen molar-refractivity contribution in [2.24, 2.45) is 0 Å². The molecule has 0 spiro atoms. The summed E-state index contributed by atoms with van der Waals surface area (Å²) in [5.74, 6) is 0.911. The summed E-state index contributed by atoms with van der Waals surface area (Å²) in [6.07, 6.45) is 0. The van der Waals surface area contributed by atoms with Crippen molar-refractivity contribution in [1.82, 2.24) is 9.55 Å². The fourth-order valence-corrected chi connectivity index (χ4v) is 7.24. The summed E-state index contributed by atoms with van der Waals surface area (Å²) in [4.78, 5) is 5.37. The first-order valence-electron chi connectivity index (χ1n) is 16.7. The molecule has 0 aliphatic rings. The summed E-state index contributed by atoms with van der Waals surface area (Å²) in [7, 11) is 0. The van der Waals surface area contributed by atoms with E-state index in [2.05, 4.69) is 199 Å². The fourth-order valence-electron chi connectivity index (χ4n) is 7.24. The van der Waals surface area contributed by atoms with Crippen LogP contribution in [0.15, 0.2) is 194 Å². The maximum absolute atomic E-state index is 5.37. The van der Waals surface area contributed by atoms with E-state index in [0.717, 1.165) is 39.6 Å². The van der Waals surface area contributed by atoms with E-state index in [1.165, 1.54) is 43.8 Å². The summed E-state index contributed by atoms with van der Waals surface area (Å²) in [6, 6.07) is 69.1. The lowest BCUT2D eigenvalue weighted by molar-refractivity contribution is 1.07. The van der Waals surface area contributed by atoms with Crippen molar-refractivity contribution in [2.45, 2.75) is 0 Å². The molecule has 1 aromatic heterocycles. The van der Waals surface area contributed by atoms with Gasteiger partial charge in [0.2, 0.25) is 0 Å². The van der Waals surface area contributed by atoms with Crippen molar-refractivity contribution in [3.05, 3.63) is 194 Å². The molecule has 0 fully saturated rings. The Hall–Kier alpha value is -6.51. The Morgan fingerprint density at radius 3 is 1.14 bits per heavy atom. The van der Waals surface area contributed by atoms with E-state index < -0.39 is 0 Å². The first-order chi connectivity index (χ1) is 24.3. The molecule has 0 aliphatic carbocycles. The molecule has 0 bridgehead atoms. The highest BCUT2D eigenvalue weighted by molar-refractivity contribution is 6.21. The molecule has 230 valence electrons. The Morgan fingerprint density at radius 2 is 0.673 bits per heavy atom. The van der Waals surface area contributed by atoms with Gasteiger partial charge in [0, 0.05) is 22.4 Å². The second-order valence-electron chi connectivity index (χ2n) is 12.3. The Morgan fingerprint density at radius 1 is 0.306 bits per heavy atom. The Labute approximate surface area is 286 Å². The molecule has 0 aliphatic heterocycles. The molecule has 0 saturated heterocycles. The third-order valence-electron chi connectivity index (χ3n) is 9.41. The van der Waals surface area contributed by atoms with Gasteiger partial charge in [0.15, 0.2) is 0 Å². The molecule has 1 heterocycles. The zero-order chi connectivity index (χ0) is 32.6. The maximum Gasteiger partial charge on any atom is 0.145 e. The summed E-state index contributed by atoms with van der Waals surface area (Å²) in [5, 5.41) is 5.01. The van der Waals surface area contributed by atoms with Crippen LogP contribution in [0.1, 0.15) is 0 Å². The van der Waals surface area contributed by atoms with Crippen LogP contribution < -0.4 is 0 Å². The van der Waals surface area contributed by atoms with Crippen LogP contribution in [0, 0.1) is 0 Å². The van der Waals surface area contributed by atoms with Crippen LogP contribution in [0.3, 0.4) is 0 Å². The SMILES string of the molecule is c1ccc(-c2nc(-c3ccccc3)n(-c3ccc(-c4c5ccccc5c(-c5ccccc5)c5ccccc45)cc3)c2-c2ccccc2)cc1. The van der Waals surface area contributed by atoms with Crippen molar-refractivity contribution >= 4 is 21.5 Å². The van der Waals surface area contributed by atoms with Crippen molar-refractivity contribution in [2.75, 3.05) is 0 Å². The lowest BCUT2D eigenvalue weighted by Crippen LogP contribution is -2.00. The van der Waals surface area contributed by atoms with Gasteiger partial charge in [0.25, 0.3) is 0 Å². The van der Waals surface area contributed by atoms with E-state index in [4.69, 9.17) is 4.98 Å². The van der Waals surface area contributed by atoms with E-state index in [0.29, 0.717) is 0 Å². The van der Waals surface area contributed by atoms with Crippen LogP contribution in [0.2, 0.25) is 0 Å². The highest BCUT2D eigenvalue weighted by Gasteiger charge is 2.23. The topological polar surface area (TPSA) is 17.8 Å². The van der Waals surface area contributed by atoms with Crippen molar-refractivity contribution < 1.29 is 0 Å². The van der Waals surface area contributed by atoms with Gasteiger partial charge < -0.3 is 0 Å². The molecule has 8 aromatic carbocycles. The van der Waals surface area contributed by atoms with Gasteiger partial charge in [-0.1, -0.05) is 182 Å². The van der Waals surface area contributed by atoms with E-state index >= 15 is 0 Å². The van der Waals surface area contributed by atoms with E-state index in [1.54, 1.807) is 0 Å². The van der Waals surface area contributed by atoms with Gasteiger partial charge in [-0.05, 0) is 55.9 Å². The largest absolute Gasteiger partial charge is 0.292 e. The number of imidazole rings is 1. The molecule has 0 amide bonds. The third kappa shape index (κ3) is 5.02. The van der Waals surface area contributed by atoms with E-state index in [9.17, 15) is 0 Å². The molecule has 2 nitrogen and oxygen atoms in total. The smallest absolute Gasteiger partial charge is 0.145 e. The number of fused-ring (bicyclic) bond motifs is 2. The highest BCUT2D eigenvalue weighted by atomic mass is 15.1. The van der Waals surface area contributed by atoms with Gasteiger partial charge in [-0.3, -0.25) is 4.57 Å². The summed E-state index contributed by atoms with van der Waals surface area (Å²) in [6.45, 7) is 0. The fraction of sp³-hybridized carbons (Fsp3) is 0. The van der Waals surface area contributed by atoms with Crippen LogP contribution in [0.25, 0.3) is 83.4 Å². The summed E-state index contributed by atoms with van der Waals surface area (Å²) < 4.78 is 2.32. The van der Waals surface area contributed by atoms with Gasteiger partial charge in [-0.2, -0.15) is 0 Å². The van der Waals surface area contributed by atoms with Gasteiger partial charge in [0.1, 0.15) is 5.82 Å². The zero-order valence-corrected chi connectivity index (χ0v) is 26.9. The third-order valence-corrected chi connectivity index (χ3v) is 9.41. The van der Waals surface area contributed by atoms with Crippen LogP contribution >= 0.6 is 0 Å². The Kier molecular flexibility index (Phi) is 7.18. The molecule has 0 atom stereocenters. The first kappa shape index (κ1) is 28.7. The molecule has 9 aromatic rings. The predicted octanol–water partition coefficient (Wildman–Crippen LogP) is 12.5. The molecule has 49 heavy (non-hydrogen) atoms. The minimum atomic E-state index is 0.911. The minimum absolute atomic E-state index is 0.911. The normalized spacial score (nSPS) is 11.3. The monoisotopic (exact) mass is 624 g/mol. The maximum atomic E-state index is 5.37. The average Bonchev–Trinajstić information content (AvgIpc) is 3.59. The molecular formula is C47H32N2. The summed E-state index contributed by atoms with van der Waals surface area (Å²) in [5.41, 5.74) is 11.3. The molecule has 0 saturated carbocycles. The van der Waals surface area contributed by atoms with E-state index in [-0.39, 0.29) is 0 Å². The van der Waals surface area contributed by atoms with E-state index in [1.807, 2.05) is 0 Å². The van der Waals surface area contributed by atoms with Crippen molar-refractivity contribution in [3.8, 4) is 61.8 Å². The second kappa shape index (κ2) is 12.3. The van der Waals surface area contributed by atoms with Gasteiger partial charge in [-0.25, -0.2) is 4.98 Å². The quantitative estimate of drug-likeness (QED) is 0.168. The minimum Gasteiger partial charge on any atom is -0.292 e. The molecule has 0 N–H and O–H groups in total. The number of benzene rings is 8. The molecule has 0 radical (unpaired) electrons. The first-order valence-corrected chi connectivity index (χ1v) is 16.7. The number of nitrogens with zero attached hydrogens (tertiary/aromatic N) is 2. The number of hydrogen-bond donors (Lipinski definition) is 0. The van der Waals surface area contributed by atoms with Crippen molar-refractivity contribution in [3.63, 3.8) is 0 Å². The standard InChI is InChI=1S/C47H32N2/c1-5-17-33(18-6-1)43-39-25-13-15-27-41(39)44(42-28-16-14-26-40(42)43)34-29-31-38(32-30-34)49-46(36-21-9-3-10-22-36)45(35-19-7-2-8-20-35)48-47(49)37-23-11-4-12-24-37/h1-32H. The van der Waals surface area contributed by atoms with Crippen molar-refractivity contribution in [1.29, 1.82) is 0 Å². The van der Waals surface area contributed by atoms with Crippen LogP contribution in [-0.4, -0.2) is 9.55 Å². The number of rotatable bonds is 6. The van der Waals surface area contributed by atoms with Gasteiger partial charge >= 0.3 is 0 Å². The lowest BCUT2D eigenvalue weighted by atomic mass is 9.86. The number of hydrogen-bond acceptors (Lipinski definition) is 1. The number of aromatic nitrogens is 2. The summed E-state index contributed by atoms with van der Waals surface area (Å²) >= 11 is 0. The lowest BCUT2D eigenvalue weighted by Gasteiger charge is -2.18. The van der Waals surface area contributed by atoms with Gasteiger partial charge in [0.05, 0.1) is 11.4 Å². The Balaban J connectivity index is 1.29. The molecule has 2 heteroatoms. The molecule has 9 rings (SSSR count). The molecular weight excluding hydrogens is 593 g/mol. The predicted molar refractivity (Wildman–Crippen MR) is 206 cm³/mol. The van der Waals surface area contributed by atoms with Crippen LogP contribution in [-0.2, 0) is 0 Å². The highest BCUT2D eigenvalue weighted by Crippen LogP contribution is 2.44. The zero-order valence-electron chi connectivity index (χ0n) is 26.9. The average molecular weight is 625 g/mol.